The van der Waals surface area contributed by atoms with Crippen molar-refractivity contribution >= 4 is 32.9 Å². The van der Waals surface area contributed by atoms with E-state index in [-0.39, 0.29) is 6.67 Å². The van der Waals surface area contributed by atoms with Crippen LogP contribution in [0, 0.1) is 0 Å². The highest BCUT2D eigenvalue weighted by Gasteiger charge is 2.14. The predicted molar refractivity (Wildman–Crippen MR) is 89.9 cm³/mol. The molecule has 0 atom stereocenters. The van der Waals surface area contributed by atoms with Gasteiger partial charge in [-0.1, -0.05) is 34.1 Å². The van der Waals surface area contributed by atoms with E-state index in [1.807, 2.05) is 41.0 Å². The fourth-order valence-electron chi connectivity index (χ4n) is 2.52. The van der Waals surface area contributed by atoms with Crippen molar-refractivity contribution in [2.45, 2.75) is 13.1 Å². The van der Waals surface area contributed by atoms with Crippen molar-refractivity contribution in [1.29, 1.82) is 0 Å². The van der Waals surface area contributed by atoms with E-state index in [2.05, 4.69) is 20.9 Å². The Morgan fingerprint density at radius 3 is 2.87 bits per heavy atom. The number of fused-ring (bicyclic) bond motifs is 1. The number of hydrogen-bond acceptors (Lipinski definition) is 3. The SMILES string of the molecule is NC(=O)N(O)Cn1c(Cc2cnccc2Br)cc2ccccc21. The molecular weight excluding hydrogens is 360 g/mol. The van der Waals surface area contributed by atoms with Gasteiger partial charge in [0.05, 0.1) is 0 Å². The van der Waals surface area contributed by atoms with Gasteiger partial charge in [0.2, 0.25) is 0 Å². The molecule has 1 aromatic carbocycles. The van der Waals surface area contributed by atoms with E-state index < -0.39 is 6.03 Å². The molecule has 118 valence electrons. The van der Waals surface area contributed by atoms with Crippen molar-refractivity contribution in [1.82, 2.24) is 14.6 Å². The number of hydrogen-bond donors (Lipinski definition) is 2. The number of primary amides is 1. The summed E-state index contributed by atoms with van der Waals surface area (Å²) in [5.74, 6) is 0. The van der Waals surface area contributed by atoms with Crippen LogP contribution in [0.2, 0.25) is 0 Å². The highest BCUT2D eigenvalue weighted by molar-refractivity contribution is 9.10. The molecule has 2 amide bonds. The molecule has 6 nitrogen and oxygen atoms in total. The zero-order valence-corrected chi connectivity index (χ0v) is 13.8. The number of hydroxylamine groups is 2. The van der Waals surface area contributed by atoms with Gasteiger partial charge in [-0.3, -0.25) is 10.2 Å². The zero-order chi connectivity index (χ0) is 16.4. The smallest absolute Gasteiger partial charge is 0.340 e. The second kappa shape index (κ2) is 6.39. The van der Waals surface area contributed by atoms with Gasteiger partial charge >= 0.3 is 6.03 Å². The lowest BCUT2D eigenvalue weighted by Crippen LogP contribution is -2.34. The van der Waals surface area contributed by atoms with E-state index in [1.165, 1.54) is 0 Å². The van der Waals surface area contributed by atoms with Crippen molar-refractivity contribution in [3.63, 3.8) is 0 Å². The third-order valence-corrected chi connectivity index (χ3v) is 4.42. The highest BCUT2D eigenvalue weighted by atomic mass is 79.9. The lowest BCUT2D eigenvalue weighted by atomic mass is 10.1. The molecule has 3 rings (SSSR count). The zero-order valence-electron chi connectivity index (χ0n) is 12.2. The summed E-state index contributed by atoms with van der Waals surface area (Å²) in [5, 5.41) is 11.2. The Morgan fingerprint density at radius 2 is 2.13 bits per heavy atom. The molecule has 0 bridgehead atoms. The third kappa shape index (κ3) is 3.20. The van der Waals surface area contributed by atoms with Crippen LogP contribution in [0.5, 0.6) is 0 Å². The third-order valence-electron chi connectivity index (χ3n) is 3.64. The number of nitrogens with two attached hydrogens (primary N) is 1. The molecule has 2 heterocycles. The standard InChI is InChI=1S/C16H15BrN4O2/c17-14-5-6-19-9-12(14)8-13-7-11-3-1-2-4-15(11)20(13)10-21(23)16(18)22/h1-7,9,23H,8,10H2,(H2,18,22). The van der Waals surface area contributed by atoms with Crippen LogP contribution in [0.15, 0.2) is 53.3 Å². The minimum atomic E-state index is -0.892. The Balaban J connectivity index is 2.05. The first-order valence-electron chi connectivity index (χ1n) is 6.97. The number of pyridine rings is 1. The Kier molecular flexibility index (Phi) is 4.31. The Hall–Kier alpha value is -2.38. The van der Waals surface area contributed by atoms with E-state index >= 15 is 0 Å². The van der Waals surface area contributed by atoms with E-state index in [0.717, 1.165) is 26.6 Å². The number of aromatic nitrogens is 2. The van der Waals surface area contributed by atoms with E-state index in [1.54, 1.807) is 12.4 Å². The predicted octanol–water partition coefficient (Wildman–Crippen LogP) is 3.12. The molecule has 0 aliphatic carbocycles. The lowest BCUT2D eigenvalue weighted by Gasteiger charge is -2.17. The molecule has 0 aliphatic heterocycles. The largest absolute Gasteiger partial charge is 0.350 e. The van der Waals surface area contributed by atoms with Crippen molar-refractivity contribution in [2.24, 2.45) is 5.73 Å². The van der Waals surface area contributed by atoms with Crippen molar-refractivity contribution in [3.05, 3.63) is 64.5 Å². The molecule has 3 aromatic rings. The quantitative estimate of drug-likeness (QED) is 0.543. The van der Waals surface area contributed by atoms with Crippen LogP contribution < -0.4 is 5.73 Å². The molecule has 2 aromatic heterocycles. The number of halogens is 1. The number of carbonyl (C=O) groups excluding carboxylic acids is 1. The molecule has 3 N–H and O–H groups in total. The lowest BCUT2D eigenvalue weighted by molar-refractivity contribution is -0.0639. The molecule has 7 heteroatoms. The van der Waals surface area contributed by atoms with Gasteiger partial charge in [0.25, 0.3) is 0 Å². The van der Waals surface area contributed by atoms with Gasteiger partial charge in [-0.2, -0.15) is 5.06 Å². The first kappa shape index (κ1) is 15.5. The first-order valence-corrected chi connectivity index (χ1v) is 7.77. The van der Waals surface area contributed by atoms with Crippen LogP contribution in [-0.4, -0.2) is 25.9 Å². The Morgan fingerprint density at radius 1 is 1.35 bits per heavy atom. The first-order chi connectivity index (χ1) is 11.1. The van der Waals surface area contributed by atoms with Gasteiger partial charge in [0.1, 0.15) is 6.67 Å². The molecule has 0 aliphatic rings. The summed E-state index contributed by atoms with van der Waals surface area (Å²) in [6, 6.07) is 10.8. The van der Waals surface area contributed by atoms with Crippen molar-refractivity contribution in [2.75, 3.05) is 0 Å². The second-order valence-electron chi connectivity index (χ2n) is 5.15. The molecule has 0 saturated carbocycles. The fourth-order valence-corrected chi connectivity index (χ4v) is 2.88. The van der Waals surface area contributed by atoms with E-state index in [4.69, 9.17) is 5.73 Å². The van der Waals surface area contributed by atoms with E-state index in [9.17, 15) is 10.0 Å². The average molecular weight is 375 g/mol. The maximum Gasteiger partial charge on any atom is 0.340 e. The van der Waals surface area contributed by atoms with Crippen LogP contribution in [0.1, 0.15) is 11.3 Å². The normalized spacial score (nSPS) is 10.9. The molecular formula is C16H15BrN4O2. The minimum absolute atomic E-state index is 0.0317. The Labute approximate surface area is 141 Å². The molecule has 23 heavy (non-hydrogen) atoms. The number of benzene rings is 1. The van der Waals surface area contributed by atoms with Crippen LogP contribution in [0.4, 0.5) is 4.79 Å². The second-order valence-corrected chi connectivity index (χ2v) is 6.00. The summed E-state index contributed by atoms with van der Waals surface area (Å²) in [4.78, 5) is 15.3. The Bertz CT molecular complexity index is 862. The molecule has 0 spiro atoms. The summed E-state index contributed by atoms with van der Waals surface area (Å²) in [6.07, 6.45) is 4.11. The van der Waals surface area contributed by atoms with Gasteiger partial charge < -0.3 is 10.3 Å². The molecule has 0 radical (unpaired) electrons. The van der Waals surface area contributed by atoms with Crippen LogP contribution in [-0.2, 0) is 13.1 Å². The minimum Gasteiger partial charge on any atom is -0.350 e. The summed E-state index contributed by atoms with van der Waals surface area (Å²) in [6.45, 7) is -0.0317. The highest BCUT2D eigenvalue weighted by Crippen LogP contribution is 2.25. The number of para-hydroxylation sites is 1. The maximum absolute atomic E-state index is 11.2. The summed E-state index contributed by atoms with van der Waals surface area (Å²) in [7, 11) is 0. The van der Waals surface area contributed by atoms with Crippen LogP contribution in [0.3, 0.4) is 0 Å². The monoisotopic (exact) mass is 374 g/mol. The summed E-state index contributed by atoms with van der Waals surface area (Å²) in [5.41, 5.74) is 8.01. The number of rotatable bonds is 4. The molecule has 0 fully saturated rings. The fraction of sp³-hybridized carbons (Fsp3) is 0.125. The molecule has 0 unspecified atom stereocenters. The summed E-state index contributed by atoms with van der Waals surface area (Å²) >= 11 is 3.51. The van der Waals surface area contributed by atoms with Crippen LogP contribution in [0.25, 0.3) is 10.9 Å². The number of nitrogens with zero attached hydrogens (tertiary/aromatic N) is 3. The average Bonchev–Trinajstić information content (AvgIpc) is 2.87. The van der Waals surface area contributed by atoms with Crippen LogP contribution >= 0.6 is 15.9 Å². The van der Waals surface area contributed by atoms with Gasteiger partial charge in [0, 0.05) is 34.5 Å². The van der Waals surface area contributed by atoms with Crippen molar-refractivity contribution < 1.29 is 10.0 Å². The van der Waals surface area contributed by atoms with Gasteiger partial charge in [0.15, 0.2) is 0 Å². The number of urea groups is 1. The van der Waals surface area contributed by atoms with Crippen molar-refractivity contribution in [3.8, 4) is 0 Å². The summed E-state index contributed by atoms with van der Waals surface area (Å²) < 4.78 is 2.82. The topological polar surface area (TPSA) is 84.4 Å². The van der Waals surface area contributed by atoms with Gasteiger partial charge in [-0.05, 0) is 29.1 Å². The number of amides is 2. The molecule has 0 saturated heterocycles. The van der Waals surface area contributed by atoms with Gasteiger partial charge in [-0.15, -0.1) is 0 Å². The van der Waals surface area contributed by atoms with E-state index in [0.29, 0.717) is 11.5 Å². The van der Waals surface area contributed by atoms with Gasteiger partial charge in [-0.25, -0.2) is 4.79 Å². The maximum atomic E-state index is 11.2. The number of carbonyl (C=O) groups is 1.